The van der Waals surface area contributed by atoms with Crippen LogP contribution in [-0.4, -0.2) is 23.9 Å². The SMILES string of the molecule is CCCN(CC)C(=O)c1ccc(CN)o1. The average Bonchev–Trinajstić information content (AvgIpc) is 2.73. The number of rotatable bonds is 5. The van der Waals surface area contributed by atoms with E-state index in [0.717, 1.165) is 13.0 Å². The summed E-state index contributed by atoms with van der Waals surface area (Å²) in [6.45, 7) is 5.79. The minimum atomic E-state index is -0.0564. The van der Waals surface area contributed by atoms with Crippen LogP contribution in [0.3, 0.4) is 0 Å². The Bertz CT molecular complexity index is 320. The van der Waals surface area contributed by atoms with E-state index >= 15 is 0 Å². The highest BCUT2D eigenvalue weighted by molar-refractivity contribution is 5.91. The Morgan fingerprint density at radius 3 is 2.67 bits per heavy atom. The number of carbonyl (C=O) groups is 1. The Kier molecular flexibility index (Phi) is 4.37. The van der Waals surface area contributed by atoms with Crippen LogP contribution in [-0.2, 0) is 6.54 Å². The summed E-state index contributed by atoms with van der Waals surface area (Å²) in [6.07, 6.45) is 0.948. The van der Waals surface area contributed by atoms with Crippen molar-refractivity contribution in [2.75, 3.05) is 13.1 Å². The van der Waals surface area contributed by atoms with Crippen molar-refractivity contribution >= 4 is 5.91 Å². The first-order valence-electron chi connectivity index (χ1n) is 5.31. The lowest BCUT2D eigenvalue weighted by Crippen LogP contribution is -2.31. The molecule has 0 radical (unpaired) electrons. The highest BCUT2D eigenvalue weighted by atomic mass is 16.4. The number of amides is 1. The third kappa shape index (κ3) is 2.83. The second-order valence-electron chi connectivity index (χ2n) is 3.35. The molecular formula is C11H18N2O2. The third-order valence-corrected chi connectivity index (χ3v) is 2.24. The van der Waals surface area contributed by atoms with Crippen molar-refractivity contribution in [3.63, 3.8) is 0 Å². The molecule has 0 spiro atoms. The van der Waals surface area contributed by atoms with Crippen molar-refractivity contribution in [2.45, 2.75) is 26.8 Å². The second-order valence-corrected chi connectivity index (χ2v) is 3.35. The lowest BCUT2D eigenvalue weighted by Gasteiger charge is -2.18. The summed E-state index contributed by atoms with van der Waals surface area (Å²) in [5.41, 5.74) is 5.41. The minimum absolute atomic E-state index is 0.0564. The quantitative estimate of drug-likeness (QED) is 0.803. The molecule has 1 heterocycles. The average molecular weight is 210 g/mol. The number of carbonyl (C=O) groups excluding carboxylic acids is 1. The van der Waals surface area contributed by atoms with Gasteiger partial charge in [-0.1, -0.05) is 6.92 Å². The molecule has 4 nitrogen and oxygen atoms in total. The van der Waals surface area contributed by atoms with E-state index in [1.165, 1.54) is 0 Å². The summed E-state index contributed by atoms with van der Waals surface area (Å²) in [6, 6.07) is 3.43. The van der Waals surface area contributed by atoms with Gasteiger partial charge in [0.15, 0.2) is 5.76 Å². The zero-order valence-corrected chi connectivity index (χ0v) is 9.32. The van der Waals surface area contributed by atoms with Crippen LogP contribution in [0.15, 0.2) is 16.5 Å². The molecule has 4 heteroatoms. The molecule has 0 unspecified atom stereocenters. The predicted molar refractivity (Wildman–Crippen MR) is 58.5 cm³/mol. The minimum Gasteiger partial charge on any atom is -0.455 e. The van der Waals surface area contributed by atoms with Gasteiger partial charge in [0.25, 0.3) is 5.91 Å². The molecule has 0 saturated heterocycles. The molecule has 0 atom stereocenters. The fraction of sp³-hybridized carbons (Fsp3) is 0.545. The predicted octanol–water partition coefficient (Wildman–Crippen LogP) is 1.61. The van der Waals surface area contributed by atoms with Crippen molar-refractivity contribution in [3.05, 3.63) is 23.7 Å². The molecule has 0 saturated carbocycles. The summed E-state index contributed by atoms with van der Waals surface area (Å²) in [5, 5.41) is 0. The maximum Gasteiger partial charge on any atom is 0.289 e. The third-order valence-electron chi connectivity index (χ3n) is 2.24. The van der Waals surface area contributed by atoms with Crippen molar-refractivity contribution in [2.24, 2.45) is 5.73 Å². The number of furan rings is 1. The van der Waals surface area contributed by atoms with Gasteiger partial charge in [0.05, 0.1) is 6.54 Å². The Hall–Kier alpha value is -1.29. The second kappa shape index (κ2) is 5.56. The molecule has 0 aromatic carbocycles. The van der Waals surface area contributed by atoms with Gasteiger partial charge in [0.2, 0.25) is 0 Å². The monoisotopic (exact) mass is 210 g/mol. The van der Waals surface area contributed by atoms with Gasteiger partial charge in [-0.2, -0.15) is 0 Å². The van der Waals surface area contributed by atoms with E-state index < -0.39 is 0 Å². The van der Waals surface area contributed by atoms with Gasteiger partial charge < -0.3 is 15.1 Å². The Balaban J connectivity index is 2.73. The van der Waals surface area contributed by atoms with E-state index in [4.69, 9.17) is 10.2 Å². The molecule has 1 aromatic rings. The van der Waals surface area contributed by atoms with E-state index in [1.807, 2.05) is 13.8 Å². The van der Waals surface area contributed by atoms with Gasteiger partial charge >= 0.3 is 0 Å². The van der Waals surface area contributed by atoms with Gasteiger partial charge in [-0.05, 0) is 25.5 Å². The zero-order chi connectivity index (χ0) is 11.3. The van der Waals surface area contributed by atoms with Crippen LogP contribution in [0.4, 0.5) is 0 Å². The summed E-state index contributed by atoms with van der Waals surface area (Å²) in [5.74, 6) is 0.968. The molecule has 2 N–H and O–H groups in total. The fourth-order valence-electron chi connectivity index (χ4n) is 1.43. The van der Waals surface area contributed by atoms with Gasteiger partial charge in [0, 0.05) is 13.1 Å². The highest BCUT2D eigenvalue weighted by Gasteiger charge is 2.16. The van der Waals surface area contributed by atoms with E-state index in [9.17, 15) is 4.79 Å². The normalized spacial score (nSPS) is 10.3. The largest absolute Gasteiger partial charge is 0.455 e. The molecule has 0 aliphatic heterocycles. The Morgan fingerprint density at radius 1 is 1.47 bits per heavy atom. The van der Waals surface area contributed by atoms with Gasteiger partial charge in [-0.25, -0.2) is 0 Å². The van der Waals surface area contributed by atoms with Crippen molar-refractivity contribution in [3.8, 4) is 0 Å². The summed E-state index contributed by atoms with van der Waals surface area (Å²) >= 11 is 0. The van der Waals surface area contributed by atoms with E-state index in [1.54, 1.807) is 17.0 Å². The summed E-state index contributed by atoms with van der Waals surface area (Å²) in [4.78, 5) is 13.6. The molecule has 1 aromatic heterocycles. The number of hydrogen-bond donors (Lipinski definition) is 1. The lowest BCUT2D eigenvalue weighted by atomic mass is 10.3. The summed E-state index contributed by atoms with van der Waals surface area (Å²) in [7, 11) is 0. The Morgan fingerprint density at radius 2 is 2.20 bits per heavy atom. The van der Waals surface area contributed by atoms with Crippen molar-refractivity contribution in [1.82, 2.24) is 4.90 Å². The zero-order valence-electron chi connectivity index (χ0n) is 9.32. The number of nitrogens with zero attached hydrogens (tertiary/aromatic N) is 1. The number of hydrogen-bond acceptors (Lipinski definition) is 3. The van der Waals surface area contributed by atoms with Gasteiger partial charge in [-0.3, -0.25) is 4.79 Å². The van der Waals surface area contributed by atoms with Crippen LogP contribution in [0.25, 0.3) is 0 Å². The first-order valence-corrected chi connectivity index (χ1v) is 5.31. The fourth-order valence-corrected chi connectivity index (χ4v) is 1.43. The standard InChI is InChI=1S/C11H18N2O2/c1-3-7-13(4-2)11(14)10-6-5-9(8-12)15-10/h5-6H,3-4,7-8,12H2,1-2H3. The van der Waals surface area contributed by atoms with Gasteiger partial charge in [0.1, 0.15) is 5.76 Å². The van der Waals surface area contributed by atoms with Crippen LogP contribution in [0, 0.1) is 0 Å². The summed E-state index contributed by atoms with van der Waals surface area (Å²) < 4.78 is 5.31. The number of nitrogens with two attached hydrogens (primary N) is 1. The molecule has 0 aliphatic carbocycles. The highest BCUT2D eigenvalue weighted by Crippen LogP contribution is 2.10. The smallest absolute Gasteiger partial charge is 0.289 e. The topological polar surface area (TPSA) is 59.5 Å². The molecule has 1 rings (SSSR count). The molecule has 1 amide bonds. The van der Waals surface area contributed by atoms with Gasteiger partial charge in [-0.15, -0.1) is 0 Å². The lowest BCUT2D eigenvalue weighted by molar-refractivity contribution is 0.0730. The molecule has 0 bridgehead atoms. The Labute approximate surface area is 90.0 Å². The van der Waals surface area contributed by atoms with Crippen LogP contribution >= 0.6 is 0 Å². The van der Waals surface area contributed by atoms with Crippen LogP contribution in [0.5, 0.6) is 0 Å². The van der Waals surface area contributed by atoms with E-state index in [-0.39, 0.29) is 5.91 Å². The first kappa shape index (κ1) is 11.8. The molecule has 15 heavy (non-hydrogen) atoms. The van der Waals surface area contributed by atoms with E-state index in [0.29, 0.717) is 24.6 Å². The molecular weight excluding hydrogens is 192 g/mol. The van der Waals surface area contributed by atoms with E-state index in [2.05, 4.69) is 0 Å². The van der Waals surface area contributed by atoms with Crippen LogP contribution in [0.2, 0.25) is 0 Å². The van der Waals surface area contributed by atoms with Crippen LogP contribution in [0.1, 0.15) is 36.6 Å². The molecule has 0 aliphatic rings. The van der Waals surface area contributed by atoms with Crippen molar-refractivity contribution in [1.29, 1.82) is 0 Å². The maximum absolute atomic E-state index is 11.9. The molecule has 84 valence electrons. The van der Waals surface area contributed by atoms with Crippen LogP contribution < -0.4 is 5.73 Å². The molecule has 0 fully saturated rings. The first-order chi connectivity index (χ1) is 7.22. The van der Waals surface area contributed by atoms with Crippen molar-refractivity contribution < 1.29 is 9.21 Å². The maximum atomic E-state index is 11.9.